The van der Waals surface area contributed by atoms with Crippen molar-refractivity contribution in [3.63, 3.8) is 0 Å². The van der Waals surface area contributed by atoms with Crippen LogP contribution in [0.15, 0.2) is 18.2 Å². The highest BCUT2D eigenvalue weighted by molar-refractivity contribution is 5.71. The molecule has 0 aliphatic carbocycles. The molecule has 0 heterocycles. The van der Waals surface area contributed by atoms with E-state index in [1.165, 1.54) is 16.8 Å². The van der Waals surface area contributed by atoms with Crippen LogP contribution in [-0.2, 0) is 11.2 Å². The molecule has 0 spiro atoms. The first-order valence-electron chi connectivity index (χ1n) is 7.57. The third-order valence-electron chi connectivity index (χ3n) is 3.72. The summed E-state index contributed by atoms with van der Waals surface area (Å²) in [7, 11) is 0. The van der Waals surface area contributed by atoms with E-state index in [1.54, 1.807) is 6.92 Å². The van der Waals surface area contributed by atoms with Gasteiger partial charge in [0.05, 0.1) is 5.92 Å². The summed E-state index contributed by atoms with van der Waals surface area (Å²) in [5.41, 5.74) is 3.77. The summed E-state index contributed by atoms with van der Waals surface area (Å²) in [5.74, 6) is -1.07. The molecule has 1 rings (SSSR count). The summed E-state index contributed by atoms with van der Waals surface area (Å²) in [6.45, 7) is 9.71. The molecule has 1 aromatic rings. The van der Waals surface area contributed by atoms with Crippen molar-refractivity contribution < 1.29 is 9.90 Å². The molecule has 1 unspecified atom stereocenters. The van der Waals surface area contributed by atoms with Crippen LogP contribution in [0.25, 0.3) is 0 Å². The van der Waals surface area contributed by atoms with Gasteiger partial charge in [0.25, 0.3) is 0 Å². The van der Waals surface area contributed by atoms with Crippen LogP contribution < -0.4 is 4.90 Å². The van der Waals surface area contributed by atoms with Crippen molar-refractivity contribution in [3.8, 4) is 0 Å². The first-order valence-corrected chi connectivity index (χ1v) is 7.57. The second-order valence-electron chi connectivity index (χ2n) is 5.48. The number of anilines is 1. The molecule has 112 valence electrons. The Labute approximate surface area is 122 Å². The third kappa shape index (κ3) is 4.26. The average Bonchev–Trinajstić information content (AvgIpc) is 2.43. The van der Waals surface area contributed by atoms with Crippen LogP contribution in [0, 0.1) is 12.8 Å². The minimum Gasteiger partial charge on any atom is -0.481 e. The van der Waals surface area contributed by atoms with Gasteiger partial charge in [-0.15, -0.1) is 0 Å². The van der Waals surface area contributed by atoms with Crippen molar-refractivity contribution >= 4 is 11.7 Å². The smallest absolute Gasteiger partial charge is 0.308 e. The number of para-hydroxylation sites is 1. The zero-order chi connectivity index (χ0) is 15.1. The fraction of sp³-hybridized carbons (Fsp3) is 0.588. The number of rotatable bonds is 8. The molecular weight excluding hydrogens is 250 g/mol. The van der Waals surface area contributed by atoms with Gasteiger partial charge in [-0.2, -0.15) is 0 Å². The van der Waals surface area contributed by atoms with E-state index in [4.69, 9.17) is 0 Å². The lowest BCUT2D eigenvalue weighted by molar-refractivity contribution is -0.140. The van der Waals surface area contributed by atoms with E-state index in [2.05, 4.69) is 43.9 Å². The van der Waals surface area contributed by atoms with Gasteiger partial charge in [-0.1, -0.05) is 45.4 Å². The molecule has 3 heteroatoms. The molecule has 20 heavy (non-hydrogen) atoms. The summed E-state index contributed by atoms with van der Waals surface area (Å²) in [6, 6.07) is 6.34. The van der Waals surface area contributed by atoms with Crippen LogP contribution in [0.2, 0.25) is 0 Å². The van der Waals surface area contributed by atoms with Gasteiger partial charge in [-0.3, -0.25) is 4.79 Å². The number of benzene rings is 1. The molecule has 0 aliphatic rings. The second kappa shape index (κ2) is 7.93. The Kier molecular flexibility index (Phi) is 6.56. The maximum absolute atomic E-state index is 11.2. The van der Waals surface area contributed by atoms with E-state index >= 15 is 0 Å². The summed E-state index contributed by atoms with van der Waals surface area (Å²) < 4.78 is 0. The average molecular weight is 277 g/mol. The Morgan fingerprint density at radius 2 is 2.05 bits per heavy atom. The van der Waals surface area contributed by atoms with Gasteiger partial charge in [-0.25, -0.2) is 0 Å². The molecule has 0 aliphatic heterocycles. The SMILES string of the molecule is CCCCN(CC(C)C(=O)O)c1c(C)cccc1CC. The minimum atomic E-state index is -0.724. The Morgan fingerprint density at radius 1 is 1.35 bits per heavy atom. The van der Waals surface area contributed by atoms with Gasteiger partial charge < -0.3 is 10.0 Å². The summed E-state index contributed by atoms with van der Waals surface area (Å²) in [6.07, 6.45) is 3.18. The number of carboxylic acids is 1. The van der Waals surface area contributed by atoms with E-state index in [0.29, 0.717) is 6.54 Å². The summed E-state index contributed by atoms with van der Waals surface area (Å²) in [4.78, 5) is 13.4. The van der Waals surface area contributed by atoms with Crippen molar-refractivity contribution in [2.24, 2.45) is 5.92 Å². The Hall–Kier alpha value is -1.51. The predicted molar refractivity (Wildman–Crippen MR) is 84.5 cm³/mol. The Balaban J connectivity index is 3.06. The van der Waals surface area contributed by atoms with E-state index in [-0.39, 0.29) is 5.92 Å². The molecule has 0 aromatic heterocycles. The van der Waals surface area contributed by atoms with Crippen molar-refractivity contribution in [3.05, 3.63) is 29.3 Å². The quantitative estimate of drug-likeness (QED) is 0.784. The van der Waals surface area contributed by atoms with Gasteiger partial charge in [0.1, 0.15) is 0 Å². The standard InChI is InChI=1S/C17H27NO2/c1-5-7-11-18(12-14(4)17(19)20)16-13(3)9-8-10-15(16)6-2/h8-10,14H,5-7,11-12H2,1-4H3,(H,19,20). The van der Waals surface area contributed by atoms with Crippen molar-refractivity contribution in [2.75, 3.05) is 18.0 Å². The van der Waals surface area contributed by atoms with Crippen LogP contribution in [0.4, 0.5) is 5.69 Å². The van der Waals surface area contributed by atoms with E-state index in [9.17, 15) is 9.90 Å². The van der Waals surface area contributed by atoms with Gasteiger partial charge in [0.2, 0.25) is 0 Å². The van der Waals surface area contributed by atoms with E-state index < -0.39 is 5.97 Å². The van der Waals surface area contributed by atoms with E-state index in [0.717, 1.165) is 25.8 Å². The van der Waals surface area contributed by atoms with Crippen LogP contribution in [0.5, 0.6) is 0 Å². The van der Waals surface area contributed by atoms with E-state index in [1.807, 2.05) is 0 Å². The van der Waals surface area contributed by atoms with Gasteiger partial charge >= 0.3 is 5.97 Å². The second-order valence-corrected chi connectivity index (χ2v) is 5.48. The van der Waals surface area contributed by atoms with Gasteiger partial charge in [0.15, 0.2) is 0 Å². The maximum atomic E-state index is 11.2. The molecule has 0 saturated carbocycles. The van der Waals surface area contributed by atoms with Crippen molar-refractivity contribution in [1.29, 1.82) is 0 Å². The number of hydrogen-bond donors (Lipinski definition) is 1. The summed E-state index contributed by atoms with van der Waals surface area (Å²) >= 11 is 0. The van der Waals surface area contributed by atoms with Crippen LogP contribution in [-0.4, -0.2) is 24.2 Å². The fourth-order valence-electron chi connectivity index (χ4n) is 2.51. The predicted octanol–water partition coefficient (Wildman–Crippen LogP) is 3.88. The lowest BCUT2D eigenvalue weighted by Gasteiger charge is -2.30. The zero-order valence-electron chi connectivity index (χ0n) is 13.1. The molecule has 0 bridgehead atoms. The molecule has 1 atom stereocenters. The monoisotopic (exact) mass is 277 g/mol. The summed E-state index contributed by atoms with van der Waals surface area (Å²) in [5, 5.41) is 9.17. The third-order valence-corrected chi connectivity index (χ3v) is 3.72. The van der Waals surface area contributed by atoms with Crippen LogP contribution in [0.1, 0.15) is 44.7 Å². The van der Waals surface area contributed by atoms with Crippen molar-refractivity contribution in [2.45, 2.75) is 47.0 Å². The normalized spacial score (nSPS) is 12.2. The maximum Gasteiger partial charge on any atom is 0.308 e. The number of nitrogens with zero attached hydrogens (tertiary/aromatic N) is 1. The molecule has 0 amide bonds. The highest BCUT2D eigenvalue weighted by atomic mass is 16.4. The largest absolute Gasteiger partial charge is 0.481 e. The Morgan fingerprint density at radius 3 is 2.60 bits per heavy atom. The number of unbranched alkanes of at least 4 members (excludes halogenated alkanes) is 1. The van der Waals surface area contributed by atoms with Crippen LogP contribution >= 0.6 is 0 Å². The lowest BCUT2D eigenvalue weighted by Crippen LogP contribution is -2.33. The zero-order valence-corrected chi connectivity index (χ0v) is 13.1. The highest BCUT2D eigenvalue weighted by Gasteiger charge is 2.19. The number of aryl methyl sites for hydroxylation is 2. The topological polar surface area (TPSA) is 40.5 Å². The molecule has 0 radical (unpaired) electrons. The molecule has 0 saturated heterocycles. The number of carboxylic acid groups (broad SMARTS) is 1. The first kappa shape index (κ1) is 16.5. The van der Waals surface area contributed by atoms with Crippen LogP contribution in [0.3, 0.4) is 0 Å². The molecule has 3 nitrogen and oxygen atoms in total. The van der Waals surface area contributed by atoms with Crippen molar-refractivity contribution in [1.82, 2.24) is 0 Å². The molecular formula is C17H27NO2. The molecule has 0 fully saturated rings. The highest BCUT2D eigenvalue weighted by Crippen LogP contribution is 2.27. The number of carbonyl (C=O) groups is 1. The minimum absolute atomic E-state index is 0.351. The van der Waals surface area contributed by atoms with Gasteiger partial charge in [-0.05, 0) is 30.9 Å². The lowest BCUT2D eigenvalue weighted by atomic mass is 10.0. The molecule has 1 aromatic carbocycles. The fourth-order valence-corrected chi connectivity index (χ4v) is 2.51. The Bertz CT molecular complexity index is 443. The number of hydrogen-bond acceptors (Lipinski definition) is 2. The molecule has 1 N–H and O–H groups in total. The van der Waals surface area contributed by atoms with Gasteiger partial charge in [0, 0.05) is 18.8 Å². The number of aliphatic carboxylic acids is 1. The first-order chi connectivity index (χ1) is 9.51.